The van der Waals surface area contributed by atoms with Gasteiger partial charge in [-0.2, -0.15) is 0 Å². The van der Waals surface area contributed by atoms with E-state index in [1.165, 1.54) is 6.07 Å². The van der Waals surface area contributed by atoms with Crippen LogP contribution in [0.4, 0.5) is 14.5 Å². The van der Waals surface area contributed by atoms with Crippen molar-refractivity contribution in [3.63, 3.8) is 0 Å². The summed E-state index contributed by atoms with van der Waals surface area (Å²) in [6.45, 7) is 0. The molecular formula is C15H12ClF2NO. The number of benzene rings is 2. The Labute approximate surface area is 120 Å². The molecule has 2 aromatic rings. The molecule has 0 heterocycles. The highest BCUT2D eigenvalue weighted by Gasteiger charge is 2.09. The fourth-order valence-electron chi connectivity index (χ4n) is 1.75. The quantitative estimate of drug-likeness (QED) is 0.900. The molecule has 0 fully saturated rings. The molecule has 0 saturated carbocycles. The van der Waals surface area contributed by atoms with Crippen LogP contribution < -0.4 is 5.32 Å². The van der Waals surface area contributed by atoms with Crippen LogP contribution >= 0.6 is 11.6 Å². The first kappa shape index (κ1) is 14.5. The van der Waals surface area contributed by atoms with Crippen molar-refractivity contribution in [2.45, 2.75) is 12.8 Å². The van der Waals surface area contributed by atoms with E-state index in [2.05, 4.69) is 5.32 Å². The lowest BCUT2D eigenvalue weighted by atomic mass is 10.1. The summed E-state index contributed by atoms with van der Waals surface area (Å²) in [7, 11) is 0. The number of halogens is 3. The van der Waals surface area contributed by atoms with Crippen LogP contribution in [-0.2, 0) is 11.2 Å². The summed E-state index contributed by atoms with van der Waals surface area (Å²) in [6, 6.07) is 10.2. The van der Waals surface area contributed by atoms with Crippen LogP contribution in [0.2, 0.25) is 5.02 Å². The molecule has 20 heavy (non-hydrogen) atoms. The Morgan fingerprint density at radius 3 is 2.60 bits per heavy atom. The summed E-state index contributed by atoms with van der Waals surface area (Å²) in [4.78, 5) is 11.7. The van der Waals surface area contributed by atoms with Gasteiger partial charge in [-0.05, 0) is 30.2 Å². The number of nitrogens with one attached hydrogen (secondary N) is 1. The van der Waals surface area contributed by atoms with Crippen LogP contribution in [0, 0.1) is 11.6 Å². The number of amides is 1. The van der Waals surface area contributed by atoms with E-state index in [0.29, 0.717) is 11.4 Å². The maximum absolute atomic E-state index is 13.4. The molecule has 0 spiro atoms. The zero-order valence-corrected chi connectivity index (χ0v) is 11.3. The van der Waals surface area contributed by atoms with Crippen molar-refractivity contribution < 1.29 is 13.6 Å². The summed E-state index contributed by atoms with van der Waals surface area (Å²) in [5, 5.41) is 2.99. The minimum atomic E-state index is -0.795. The third-order valence-corrected chi connectivity index (χ3v) is 3.15. The van der Waals surface area contributed by atoms with Gasteiger partial charge in [-0.3, -0.25) is 4.79 Å². The third kappa shape index (κ3) is 3.78. The summed E-state index contributed by atoms with van der Waals surface area (Å²) in [6.07, 6.45) is 0.620. The van der Waals surface area contributed by atoms with Gasteiger partial charge in [-0.15, -0.1) is 0 Å². The van der Waals surface area contributed by atoms with Crippen LogP contribution in [0.25, 0.3) is 0 Å². The van der Waals surface area contributed by atoms with Crippen molar-refractivity contribution in [1.82, 2.24) is 0 Å². The van der Waals surface area contributed by atoms with E-state index in [9.17, 15) is 13.6 Å². The highest BCUT2D eigenvalue weighted by molar-refractivity contribution is 6.31. The third-order valence-electron chi connectivity index (χ3n) is 2.78. The van der Waals surface area contributed by atoms with Gasteiger partial charge in [0.2, 0.25) is 5.91 Å². The second-order valence-electron chi connectivity index (χ2n) is 4.26. The van der Waals surface area contributed by atoms with Crippen molar-refractivity contribution in [1.29, 1.82) is 0 Å². The minimum Gasteiger partial charge on any atom is -0.324 e. The molecule has 0 atom stereocenters. The Kier molecular flexibility index (Phi) is 4.69. The van der Waals surface area contributed by atoms with Crippen LogP contribution in [0.15, 0.2) is 42.5 Å². The molecule has 0 aliphatic rings. The average Bonchev–Trinajstić information content (AvgIpc) is 2.41. The van der Waals surface area contributed by atoms with Gasteiger partial charge in [0.05, 0.1) is 5.69 Å². The summed E-state index contributed by atoms with van der Waals surface area (Å²) < 4.78 is 26.1. The Morgan fingerprint density at radius 2 is 1.90 bits per heavy atom. The Bertz CT molecular complexity index is 631. The molecule has 0 aliphatic carbocycles. The SMILES string of the molecule is O=C(CCc1ccccc1Cl)Nc1ccc(F)cc1F. The van der Waals surface area contributed by atoms with Gasteiger partial charge in [0.15, 0.2) is 0 Å². The predicted molar refractivity (Wildman–Crippen MR) is 74.8 cm³/mol. The van der Waals surface area contributed by atoms with Gasteiger partial charge in [0, 0.05) is 17.5 Å². The smallest absolute Gasteiger partial charge is 0.224 e. The number of carbonyl (C=O) groups excluding carboxylic acids is 1. The largest absolute Gasteiger partial charge is 0.324 e. The second-order valence-corrected chi connectivity index (χ2v) is 4.67. The van der Waals surface area contributed by atoms with Crippen molar-refractivity contribution in [2.75, 3.05) is 5.32 Å². The molecule has 0 saturated heterocycles. The summed E-state index contributed by atoms with van der Waals surface area (Å²) in [5.41, 5.74) is 0.819. The van der Waals surface area contributed by atoms with E-state index in [1.807, 2.05) is 12.1 Å². The van der Waals surface area contributed by atoms with Crippen molar-refractivity contribution >= 4 is 23.2 Å². The highest BCUT2D eigenvalue weighted by Crippen LogP contribution is 2.18. The lowest BCUT2D eigenvalue weighted by molar-refractivity contribution is -0.116. The number of aryl methyl sites for hydroxylation is 1. The number of rotatable bonds is 4. The van der Waals surface area contributed by atoms with E-state index < -0.39 is 11.6 Å². The van der Waals surface area contributed by atoms with Crippen molar-refractivity contribution in [2.24, 2.45) is 0 Å². The van der Waals surface area contributed by atoms with Gasteiger partial charge >= 0.3 is 0 Å². The highest BCUT2D eigenvalue weighted by atomic mass is 35.5. The number of hydrogen-bond acceptors (Lipinski definition) is 1. The van der Waals surface area contributed by atoms with Gasteiger partial charge in [0.25, 0.3) is 0 Å². The van der Waals surface area contributed by atoms with Crippen LogP contribution in [0.5, 0.6) is 0 Å². The Morgan fingerprint density at radius 1 is 1.15 bits per heavy atom. The number of hydrogen-bond donors (Lipinski definition) is 1. The molecule has 5 heteroatoms. The zero-order valence-electron chi connectivity index (χ0n) is 10.5. The summed E-state index contributed by atoms with van der Waals surface area (Å²) >= 11 is 5.98. The number of carbonyl (C=O) groups is 1. The average molecular weight is 296 g/mol. The number of anilines is 1. The normalized spacial score (nSPS) is 10.3. The van der Waals surface area contributed by atoms with Gasteiger partial charge in [-0.1, -0.05) is 29.8 Å². The zero-order chi connectivity index (χ0) is 14.5. The molecule has 2 nitrogen and oxygen atoms in total. The Balaban J connectivity index is 1.94. The lowest BCUT2D eigenvalue weighted by Gasteiger charge is -2.07. The molecule has 1 amide bonds. The van der Waals surface area contributed by atoms with Gasteiger partial charge in [-0.25, -0.2) is 8.78 Å². The molecular weight excluding hydrogens is 284 g/mol. The van der Waals surface area contributed by atoms with E-state index in [0.717, 1.165) is 17.7 Å². The fraction of sp³-hybridized carbons (Fsp3) is 0.133. The molecule has 2 rings (SSSR count). The van der Waals surface area contributed by atoms with E-state index in [-0.39, 0.29) is 18.0 Å². The second kappa shape index (κ2) is 6.48. The maximum Gasteiger partial charge on any atom is 0.224 e. The van der Waals surface area contributed by atoms with Crippen LogP contribution in [0.1, 0.15) is 12.0 Å². The van der Waals surface area contributed by atoms with Gasteiger partial charge < -0.3 is 5.32 Å². The first-order valence-corrected chi connectivity index (χ1v) is 6.42. The Hall–Kier alpha value is -1.94. The van der Waals surface area contributed by atoms with Crippen molar-refractivity contribution in [3.8, 4) is 0 Å². The molecule has 104 valence electrons. The minimum absolute atomic E-state index is 0.0319. The maximum atomic E-state index is 13.4. The molecule has 0 bridgehead atoms. The topological polar surface area (TPSA) is 29.1 Å². The first-order valence-electron chi connectivity index (χ1n) is 6.04. The van der Waals surface area contributed by atoms with E-state index in [4.69, 9.17) is 11.6 Å². The first-order chi connectivity index (χ1) is 9.56. The standard InChI is InChI=1S/C15H12ClF2NO/c16-12-4-2-1-3-10(12)5-8-15(20)19-14-7-6-11(17)9-13(14)18/h1-4,6-7,9H,5,8H2,(H,19,20). The molecule has 2 aromatic carbocycles. The lowest BCUT2D eigenvalue weighted by Crippen LogP contribution is -2.13. The fourth-order valence-corrected chi connectivity index (χ4v) is 1.98. The van der Waals surface area contributed by atoms with E-state index in [1.54, 1.807) is 12.1 Å². The predicted octanol–water partition coefficient (Wildman–Crippen LogP) is 4.19. The summed E-state index contributed by atoms with van der Waals surface area (Å²) in [5.74, 6) is -1.83. The molecule has 0 unspecified atom stereocenters. The molecule has 0 aromatic heterocycles. The monoisotopic (exact) mass is 295 g/mol. The van der Waals surface area contributed by atoms with Gasteiger partial charge in [0.1, 0.15) is 11.6 Å². The van der Waals surface area contributed by atoms with E-state index >= 15 is 0 Å². The van der Waals surface area contributed by atoms with Crippen LogP contribution in [0.3, 0.4) is 0 Å². The van der Waals surface area contributed by atoms with Crippen molar-refractivity contribution in [3.05, 3.63) is 64.7 Å². The van der Waals surface area contributed by atoms with Crippen LogP contribution in [-0.4, -0.2) is 5.91 Å². The molecule has 0 radical (unpaired) electrons. The molecule has 1 N–H and O–H groups in total. The molecule has 0 aliphatic heterocycles.